The van der Waals surface area contributed by atoms with E-state index < -0.39 is 0 Å². The van der Waals surface area contributed by atoms with E-state index in [0.717, 1.165) is 44.7 Å². The minimum Gasteiger partial charge on any atom is -0.422 e. The van der Waals surface area contributed by atoms with Crippen LogP contribution in [0.25, 0.3) is 60.4 Å². The molecule has 3 nitrogen and oxygen atoms in total. The molecule has 2 aromatic heterocycles. The Hall–Kier alpha value is -6.19. The molecule has 3 heteroatoms. The summed E-state index contributed by atoms with van der Waals surface area (Å²) in [6, 6.07) is 56.2. The van der Waals surface area contributed by atoms with Crippen LogP contribution in [0.3, 0.4) is 0 Å². The summed E-state index contributed by atoms with van der Waals surface area (Å²) in [5, 5.41) is 4.71. The largest absolute Gasteiger partial charge is 0.422 e. The van der Waals surface area contributed by atoms with E-state index >= 15 is 0 Å². The van der Waals surface area contributed by atoms with Gasteiger partial charge in [-0.25, -0.2) is 4.79 Å². The molecule has 1 aliphatic carbocycles. The summed E-state index contributed by atoms with van der Waals surface area (Å²) in [4.78, 5) is 13.4. The molecule has 0 bridgehead atoms. The molecule has 244 valence electrons. The van der Waals surface area contributed by atoms with Gasteiger partial charge in [-0.1, -0.05) is 141 Å². The van der Waals surface area contributed by atoms with Crippen LogP contribution in [0.5, 0.6) is 0 Å². The van der Waals surface area contributed by atoms with Crippen LogP contribution >= 0.6 is 0 Å². The number of aromatic nitrogens is 1. The third-order valence-electron chi connectivity index (χ3n) is 11.3. The van der Waals surface area contributed by atoms with E-state index in [9.17, 15) is 4.79 Å². The predicted molar refractivity (Wildman–Crippen MR) is 210 cm³/mol. The highest BCUT2D eigenvalue weighted by atomic mass is 16.4. The van der Waals surface area contributed by atoms with Gasteiger partial charge in [0, 0.05) is 38.6 Å². The number of fused-ring (bicyclic) bond motifs is 9. The molecule has 2 heterocycles. The Morgan fingerprint density at radius 2 is 1.25 bits per heavy atom. The van der Waals surface area contributed by atoms with Crippen LogP contribution in [-0.4, -0.2) is 4.57 Å². The van der Waals surface area contributed by atoms with E-state index in [-0.39, 0.29) is 17.0 Å². The fraction of sp³-hybridized carbons (Fsp3) is 0.104. The zero-order valence-corrected chi connectivity index (χ0v) is 28.6. The molecule has 10 rings (SSSR count). The quantitative estimate of drug-likeness (QED) is 0.136. The minimum atomic E-state index is -0.318. The summed E-state index contributed by atoms with van der Waals surface area (Å²) in [7, 11) is 0. The minimum absolute atomic E-state index is 0.0785. The lowest BCUT2D eigenvalue weighted by Gasteiger charge is -2.25. The van der Waals surface area contributed by atoms with E-state index in [1.54, 1.807) is 0 Å². The van der Waals surface area contributed by atoms with Gasteiger partial charge in [0.25, 0.3) is 0 Å². The number of nitrogens with zero attached hydrogens (tertiary/aromatic N) is 1. The molecular weight excluding hydrogens is 623 g/mol. The lowest BCUT2D eigenvalue weighted by atomic mass is 9.79. The van der Waals surface area contributed by atoms with Crippen molar-refractivity contribution < 1.29 is 4.42 Å². The van der Waals surface area contributed by atoms with Crippen molar-refractivity contribution in [1.82, 2.24) is 4.57 Å². The second-order valence-electron chi connectivity index (χ2n) is 14.4. The maximum absolute atomic E-state index is 13.4. The summed E-state index contributed by atoms with van der Waals surface area (Å²) >= 11 is 0. The van der Waals surface area contributed by atoms with Gasteiger partial charge in [0.05, 0.1) is 16.4 Å². The molecule has 0 amide bonds. The molecule has 0 aliphatic heterocycles. The molecule has 0 radical (unpaired) electrons. The Kier molecular flexibility index (Phi) is 6.50. The number of rotatable bonds is 5. The number of hydrogen-bond donors (Lipinski definition) is 0. The summed E-state index contributed by atoms with van der Waals surface area (Å²) in [5.41, 5.74) is 12.7. The van der Waals surface area contributed by atoms with Crippen molar-refractivity contribution >= 4 is 43.5 Å². The first kappa shape index (κ1) is 29.7. The van der Waals surface area contributed by atoms with Gasteiger partial charge in [0.1, 0.15) is 5.58 Å². The Labute approximate surface area is 296 Å². The molecule has 0 saturated carbocycles. The Balaban J connectivity index is 1.17. The SMILES string of the molecule is CC1(C)c2ccccc2-c2ccc(C(Cc3ccccc3-n3c4ccccc4c4cc5c(cc43)c(=O)oc3ccccc35)c3ccccc3)cc21. The van der Waals surface area contributed by atoms with Crippen LogP contribution in [0, 0.1) is 0 Å². The van der Waals surface area contributed by atoms with Gasteiger partial charge in [-0.15, -0.1) is 0 Å². The van der Waals surface area contributed by atoms with Gasteiger partial charge in [0.15, 0.2) is 0 Å². The van der Waals surface area contributed by atoms with E-state index in [1.807, 2.05) is 30.3 Å². The van der Waals surface area contributed by atoms with E-state index in [4.69, 9.17) is 4.42 Å². The molecule has 0 spiro atoms. The first-order chi connectivity index (χ1) is 25.0. The highest BCUT2D eigenvalue weighted by Gasteiger charge is 2.36. The maximum atomic E-state index is 13.4. The third kappa shape index (κ3) is 4.48. The van der Waals surface area contributed by atoms with Gasteiger partial charge >= 0.3 is 5.63 Å². The van der Waals surface area contributed by atoms with Crippen LogP contribution in [0.1, 0.15) is 47.6 Å². The van der Waals surface area contributed by atoms with Crippen molar-refractivity contribution in [3.8, 4) is 16.8 Å². The Morgan fingerprint density at radius 3 is 2.14 bits per heavy atom. The number of hydrogen-bond acceptors (Lipinski definition) is 2. The fourth-order valence-electron chi connectivity index (χ4n) is 8.77. The fourth-order valence-corrected chi connectivity index (χ4v) is 8.77. The van der Waals surface area contributed by atoms with Crippen molar-refractivity contribution in [2.24, 2.45) is 0 Å². The molecule has 7 aromatic carbocycles. The molecule has 1 unspecified atom stereocenters. The van der Waals surface area contributed by atoms with Crippen molar-refractivity contribution in [2.45, 2.75) is 31.6 Å². The first-order valence-corrected chi connectivity index (χ1v) is 17.7. The molecule has 51 heavy (non-hydrogen) atoms. The zero-order chi connectivity index (χ0) is 34.3. The average Bonchev–Trinajstić information content (AvgIpc) is 3.61. The summed E-state index contributed by atoms with van der Waals surface area (Å²) in [6.07, 6.45) is 0.806. The molecule has 9 aromatic rings. The zero-order valence-electron chi connectivity index (χ0n) is 28.6. The second-order valence-corrected chi connectivity index (χ2v) is 14.4. The highest BCUT2D eigenvalue weighted by Crippen LogP contribution is 2.50. The van der Waals surface area contributed by atoms with Crippen LogP contribution in [-0.2, 0) is 11.8 Å². The second kappa shape index (κ2) is 11.2. The van der Waals surface area contributed by atoms with Crippen molar-refractivity contribution in [1.29, 1.82) is 0 Å². The van der Waals surface area contributed by atoms with Crippen molar-refractivity contribution in [3.05, 3.63) is 196 Å². The van der Waals surface area contributed by atoms with E-state index in [0.29, 0.717) is 11.0 Å². The monoisotopic (exact) mass is 657 g/mol. The molecule has 1 aliphatic rings. The maximum Gasteiger partial charge on any atom is 0.344 e. The molecule has 0 saturated heterocycles. The number of para-hydroxylation sites is 3. The lowest BCUT2D eigenvalue weighted by Crippen LogP contribution is -2.16. The predicted octanol–water partition coefficient (Wildman–Crippen LogP) is 11.7. The molecule has 0 N–H and O–H groups in total. The molecule has 0 fully saturated rings. The van der Waals surface area contributed by atoms with Crippen molar-refractivity contribution in [3.63, 3.8) is 0 Å². The smallest absolute Gasteiger partial charge is 0.344 e. The number of benzene rings is 7. The van der Waals surface area contributed by atoms with Crippen molar-refractivity contribution in [2.75, 3.05) is 0 Å². The average molecular weight is 658 g/mol. The summed E-state index contributed by atoms with van der Waals surface area (Å²) in [6.45, 7) is 4.70. The van der Waals surface area contributed by atoms with Crippen LogP contribution < -0.4 is 5.63 Å². The van der Waals surface area contributed by atoms with Crippen LogP contribution in [0.4, 0.5) is 0 Å². The van der Waals surface area contributed by atoms with E-state index in [2.05, 4.69) is 146 Å². The summed E-state index contributed by atoms with van der Waals surface area (Å²) < 4.78 is 8.17. The van der Waals surface area contributed by atoms with Gasteiger partial charge < -0.3 is 8.98 Å². The molecular formula is C48H35NO2. The third-order valence-corrected chi connectivity index (χ3v) is 11.3. The van der Waals surface area contributed by atoms with Gasteiger partial charge in [-0.3, -0.25) is 0 Å². The Bertz CT molecular complexity index is 2890. The van der Waals surface area contributed by atoms with Crippen LogP contribution in [0.15, 0.2) is 167 Å². The first-order valence-electron chi connectivity index (χ1n) is 17.7. The van der Waals surface area contributed by atoms with Gasteiger partial charge in [0.2, 0.25) is 0 Å². The van der Waals surface area contributed by atoms with Gasteiger partial charge in [-0.2, -0.15) is 0 Å². The molecule has 1 atom stereocenters. The standard InChI is InChI=1S/C48H35NO2/c1-48(2)41-20-10-7-17-33(41)34-25-24-31(27-42(34)48)37(30-14-4-3-5-15-30)26-32-16-6-11-21-43(32)49-44-22-12-8-18-35(44)39-28-38-36-19-9-13-23-46(36)51-47(50)40(38)29-45(39)49/h3-25,27-29,37H,26H2,1-2H3. The van der Waals surface area contributed by atoms with Crippen LogP contribution in [0.2, 0.25) is 0 Å². The van der Waals surface area contributed by atoms with E-state index in [1.165, 1.54) is 38.9 Å². The highest BCUT2D eigenvalue weighted by molar-refractivity contribution is 6.17. The lowest BCUT2D eigenvalue weighted by molar-refractivity contribution is 0.570. The normalized spacial score (nSPS) is 13.9. The summed E-state index contributed by atoms with van der Waals surface area (Å²) in [5.74, 6) is 0.129. The Morgan fingerprint density at radius 1 is 0.549 bits per heavy atom. The topological polar surface area (TPSA) is 35.1 Å². The van der Waals surface area contributed by atoms with Gasteiger partial charge in [-0.05, 0) is 75.7 Å².